The van der Waals surface area contributed by atoms with Crippen LogP contribution in [0.4, 0.5) is 0 Å². The van der Waals surface area contributed by atoms with Gasteiger partial charge in [-0.1, -0.05) is 51.4 Å². The Balaban J connectivity index is 1.78. The third-order valence-electron chi connectivity index (χ3n) is 6.44. The Labute approximate surface area is 210 Å². The molecule has 0 aliphatic heterocycles. The molecule has 1 heterocycles. The van der Waals surface area contributed by atoms with E-state index in [0.717, 1.165) is 51.4 Å². The summed E-state index contributed by atoms with van der Waals surface area (Å²) in [6, 6.07) is 5.30. The van der Waals surface area contributed by atoms with E-state index in [1.54, 1.807) is 0 Å². The molecular formula is C28H36O8. The summed E-state index contributed by atoms with van der Waals surface area (Å²) in [5.74, 6) is -1.51. The van der Waals surface area contributed by atoms with Crippen molar-refractivity contribution in [3.8, 4) is 40.1 Å². The molecule has 0 amide bonds. The van der Waals surface area contributed by atoms with E-state index in [-0.39, 0.29) is 40.1 Å². The maximum atomic E-state index is 13.4. The van der Waals surface area contributed by atoms with Gasteiger partial charge in [0.05, 0.1) is 7.11 Å². The van der Waals surface area contributed by atoms with Crippen LogP contribution in [-0.2, 0) is 6.42 Å². The van der Waals surface area contributed by atoms with Crippen LogP contribution in [0.25, 0.3) is 22.3 Å². The van der Waals surface area contributed by atoms with Gasteiger partial charge < -0.3 is 34.7 Å². The Hall–Kier alpha value is -3.39. The van der Waals surface area contributed by atoms with Crippen LogP contribution in [0.1, 0.15) is 69.8 Å². The molecule has 5 N–H and O–H groups in total. The fourth-order valence-corrected chi connectivity index (χ4v) is 4.45. The van der Waals surface area contributed by atoms with Gasteiger partial charge in [0.1, 0.15) is 28.2 Å². The lowest BCUT2D eigenvalue weighted by Gasteiger charge is -2.13. The highest BCUT2D eigenvalue weighted by Gasteiger charge is 2.21. The predicted octanol–water partition coefficient (Wildman–Crippen LogP) is 5.73. The highest BCUT2D eigenvalue weighted by Crippen LogP contribution is 2.41. The number of phenols is 4. The lowest BCUT2D eigenvalue weighted by molar-refractivity contribution is 0.282. The molecule has 196 valence electrons. The van der Waals surface area contributed by atoms with Crippen molar-refractivity contribution in [2.75, 3.05) is 13.7 Å². The second kappa shape index (κ2) is 13.1. The van der Waals surface area contributed by atoms with Crippen molar-refractivity contribution in [3.05, 3.63) is 40.1 Å². The molecule has 8 nitrogen and oxygen atoms in total. The van der Waals surface area contributed by atoms with Crippen LogP contribution in [-0.4, -0.2) is 39.2 Å². The van der Waals surface area contributed by atoms with Gasteiger partial charge in [-0.15, -0.1) is 0 Å². The number of benzene rings is 2. The van der Waals surface area contributed by atoms with Gasteiger partial charge in [0.15, 0.2) is 22.7 Å². The van der Waals surface area contributed by atoms with Gasteiger partial charge in [0.25, 0.3) is 0 Å². The normalized spacial score (nSPS) is 11.3. The number of aliphatic hydroxyl groups is 1. The summed E-state index contributed by atoms with van der Waals surface area (Å²) < 4.78 is 11.2. The van der Waals surface area contributed by atoms with Crippen LogP contribution >= 0.6 is 0 Å². The van der Waals surface area contributed by atoms with Crippen molar-refractivity contribution in [2.45, 2.75) is 70.6 Å². The molecule has 0 fully saturated rings. The Morgan fingerprint density at radius 3 is 1.86 bits per heavy atom. The zero-order valence-electron chi connectivity index (χ0n) is 20.8. The molecule has 2 aromatic carbocycles. The largest absolute Gasteiger partial charge is 0.507 e. The van der Waals surface area contributed by atoms with Crippen molar-refractivity contribution in [2.24, 2.45) is 0 Å². The standard InChI is InChI=1S/C28H36O8/c1-35-19-16-21(30)25-24(17-19)36-28(18-14-22(31)27(34)23(32)15-18)20(26(25)33)12-10-8-6-4-2-3-5-7-9-11-13-29/h14-17,29-32,34H,2-13H2,1H3. The second-order valence-electron chi connectivity index (χ2n) is 9.13. The molecule has 3 rings (SSSR count). The van der Waals surface area contributed by atoms with Crippen molar-refractivity contribution in [3.63, 3.8) is 0 Å². The zero-order valence-corrected chi connectivity index (χ0v) is 20.8. The molecule has 0 radical (unpaired) electrons. The summed E-state index contributed by atoms with van der Waals surface area (Å²) in [6.45, 7) is 0.264. The third kappa shape index (κ3) is 6.63. The third-order valence-corrected chi connectivity index (χ3v) is 6.44. The van der Waals surface area contributed by atoms with E-state index in [2.05, 4.69) is 0 Å². The summed E-state index contributed by atoms with van der Waals surface area (Å²) in [4.78, 5) is 13.4. The molecule has 0 spiro atoms. The maximum absolute atomic E-state index is 13.4. The first kappa shape index (κ1) is 27.2. The molecule has 0 atom stereocenters. The molecule has 8 heteroatoms. The van der Waals surface area contributed by atoms with E-state index in [4.69, 9.17) is 14.3 Å². The lowest BCUT2D eigenvalue weighted by atomic mass is 9.98. The van der Waals surface area contributed by atoms with Crippen LogP contribution < -0.4 is 10.2 Å². The van der Waals surface area contributed by atoms with Crippen molar-refractivity contribution in [1.82, 2.24) is 0 Å². The Morgan fingerprint density at radius 1 is 0.750 bits per heavy atom. The van der Waals surface area contributed by atoms with Gasteiger partial charge >= 0.3 is 0 Å². The van der Waals surface area contributed by atoms with Crippen molar-refractivity contribution >= 4 is 11.0 Å². The van der Waals surface area contributed by atoms with E-state index in [1.165, 1.54) is 44.2 Å². The molecule has 0 saturated carbocycles. The molecular weight excluding hydrogens is 464 g/mol. The molecule has 0 aliphatic rings. The minimum Gasteiger partial charge on any atom is -0.507 e. The first-order valence-electron chi connectivity index (χ1n) is 12.6. The summed E-state index contributed by atoms with van der Waals surface area (Å²) in [7, 11) is 1.43. The highest BCUT2D eigenvalue weighted by atomic mass is 16.5. The number of aliphatic hydroxyl groups excluding tert-OH is 1. The molecule has 0 aliphatic carbocycles. The van der Waals surface area contributed by atoms with E-state index in [1.807, 2.05) is 0 Å². The SMILES string of the molecule is COc1cc(O)c2c(=O)c(CCCCCCCCCCCCO)c(-c3cc(O)c(O)c(O)c3)oc2c1. The average molecular weight is 501 g/mol. The van der Waals surface area contributed by atoms with E-state index < -0.39 is 17.2 Å². The molecule has 3 aromatic rings. The number of hydrogen-bond donors (Lipinski definition) is 5. The summed E-state index contributed by atoms with van der Waals surface area (Å²) in [5.41, 5.74) is 0.291. The fourth-order valence-electron chi connectivity index (χ4n) is 4.45. The minimum atomic E-state index is -0.656. The van der Waals surface area contributed by atoms with Crippen LogP contribution in [0.2, 0.25) is 0 Å². The molecule has 1 aromatic heterocycles. The predicted molar refractivity (Wildman–Crippen MR) is 138 cm³/mol. The summed E-state index contributed by atoms with van der Waals surface area (Å²) in [5, 5.41) is 49.1. The number of methoxy groups -OCH3 is 1. The van der Waals surface area contributed by atoms with E-state index >= 15 is 0 Å². The molecule has 36 heavy (non-hydrogen) atoms. The Kier molecular flexibility index (Phi) is 9.87. The van der Waals surface area contributed by atoms with Gasteiger partial charge in [-0.05, 0) is 31.4 Å². The summed E-state index contributed by atoms with van der Waals surface area (Å²) in [6.07, 6.45) is 10.8. The number of rotatable bonds is 14. The Morgan fingerprint density at radius 2 is 1.31 bits per heavy atom. The highest BCUT2D eigenvalue weighted by molar-refractivity contribution is 5.87. The number of phenolic OH excluding ortho intramolecular Hbond substituents is 4. The fraction of sp³-hybridized carbons (Fsp3) is 0.464. The van der Waals surface area contributed by atoms with E-state index in [0.29, 0.717) is 17.7 Å². The monoisotopic (exact) mass is 500 g/mol. The van der Waals surface area contributed by atoms with Gasteiger partial charge in [-0.25, -0.2) is 0 Å². The first-order chi connectivity index (χ1) is 17.4. The number of fused-ring (bicyclic) bond motifs is 1. The van der Waals surface area contributed by atoms with Gasteiger partial charge in [-0.2, -0.15) is 0 Å². The maximum Gasteiger partial charge on any atom is 0.200 e. The summed E-state index contributed by atoms with van der Waals surface area (Å²) >= 11 is 0. The number of ether oxygens (including phenoxy) is 1. The molecule has 0 bridgehead atoms. The lowest BCUT2D eigenvalue weighted by Crippen LogP contribution is -2.12. The average Bonchev–Trinajstić information content (AvgIpc) is 2.86. The van der Waals surface area contributed by atoms with Crippen LogP contribution in [0.15, 0.2) is 33.5 Å². The van der Waals surface area contributed by atoms with Gasteiger partial charge in [-0.3, -0.25) is 4.79 Å². The zero-order chi connectivity index (χ0) is 26.1. The van der Waals surface area contributed by atoms with Crippen molar-refractivity contribution < 1.29 is 34.7 Å². The van der Waals surface area contributed by atoms with Crippen molar-refractivity contribution in [1.29, 1.82) is 0 Å². The Bertz CT molecular complexity index is 1190. The molecule has 0 unspecified atom stereocenters. The van der Waals surface area contributed by atoms with Crippen LogP contribution in [0.5, 0.6) is 28.7 Å². The van der Waals surface area contributed by atoms with E-state index in [9.17, 15) is 25.2 Å². The second-order valence-corrected chi connectivity index (χ2v) is 9.13. The van der Waals surface area contributed by atoms with Crippen LogP contribution in [0.3, 0.4) is 0 Å². The number of aromatic hydroxyl groups is 4. The smallest absolute Gasteiger partial charge is 0.200 e. The topological polar surface area (TPSA) is 141 Å². The first-order valence-corrected chi connectivity index (χ1v) is 12.6. The van der Waals surface area contributed by atoms with Gasteiger partial charge in [0, 0.05) is 29.9 Å². The number of hydrogen-bond acceptors (Lipinski definition) is 8. The quantitative estimate of drug-likeness (QED) is 0.140. The minimum absolute atomic E-state index is 0.0444. The van der Waals surface area contributed by atoms with Gasteiger partial charge in [0.2, 0.25) is 0 Å². The number of unbranched alkanes of at least 4 members (excludes halogenated alkanes) is 9. The van der Waals surface area contributed by atoms with Crippen LogP contribution in [0, 0.1) is 0 Å². The molecule has 0 saturated heterocycles.